The Morgan fingerprint density at radius 1 is 0.924 bits per heavy atom. The predicted molar refractivity (Wildman–Crippen MR) is 252 cm³/mol. The molecule has 4 amide bonds. The van der Waals surface area contributed by atoms with E-state index >= 15 is 0 Å². The van der Waals surface area contributed by atoms with Gasteiger partial charge in [-0.05, 0) is 97.8 Å². The highest BCUT2D eigenvalue weighted by Gasteiger charge is 2.33. The zero-order valence-corrected chi connectivity index (χ0v) is 38.3. The zero-order chi connectivity index (χ0) is 45.7. The number of urea groups is 1. The lowest BCUT2D eigenvalue weighted by Gasteiger charge is -2.44. The summed E-state index contributed by atoms with van der Waals surface area (Å²) in [7, 11) is 0. The highest BCUT2D eigenvalue weighted by atomic mass is 16.5. The summed E-state index contributed by atoms with van der Waals surface area (Å²) in [4.78, 5) is 63.4. The van der Waals surface area contributed by atoms with Crippen LogP contribution in [0.3, 0.4) is 0 Å². The molecule has 3 fully saturated rings. The van der Waals surface area contributed by atoms with Crippen LogP contribution in [0, 0.1) is 12.8 Å². The number of hydrogen-bond donors (Lipinski definition) is 3. The summed E-state index contributed by atoms with van der Waals surface area (Å²) in [5.74, 6) is 0.449. The molecule has 66 heavy (non-hydrogen) atoms. The van der Waals surface area contributed by atoms with Crippen LogP contribution in [-0.4, -0.2) is 106 Å². The third kappa shape index (κ3) is 8.74. The molecule has 0 bridgehead atoms. The molecule has 0 unspecified atom stereocenters. The van der Waals surface area contributed by atoms with Gasteiger partial charge in [-0.3, -0.25) is 24.7 Å². The molecule has 6 aromatic rings. The second kappa shape index (κ2) is 17.6. The van der Waals surface area contributed by atoms with Crippen molar-refractivity contribution < 1.29 is 23.6 Å². The van der Waals surface area contributed by atoms with Gasteiger partial charge in [-0.1, -0.05) is 44.1 Å². The van der Waals surface area contributed by atoms with E-state index in [2.05, 4.69) is 87.9 Å². The Labute approximate surface area is 384 Å². The number of amides is 4. The molecule has 4 aliphatic heterocycles. The fourth-order valence-corrected chi connectivity index (χ4v) is 9.98. The average molecular weight is 892 g/mol. The Bertz CT molecular complexity index is 2790. The molecule has 3 saturated heterocycles. The Morgan fingerprint density at radius 2 is 1.71 bits per heavy atom. The summed E-state index contributed by atoms with van der Waals surface area (Å²) in [6, 6.07) is 22.8. The number of aromatic amines is 1. The number of benzene rings is 3. The number of hydrogen-bond acceptors (Lipinski definition) is 12. The Hall–Kier alpha value is -6.65. The molecule has 0 saturated carbocycles. The monoisotopic (exact) mass is 891 g/mol. The van der Waals surface area contributed by atoms with Crippen molar-refractivity contribution in [2.24, 2.45) is 5.92 Å². The minimum Gasteiger partial charge on any atom is -0.375 e. The number of ether oxygens (including phenoxy) is 1. The second-order valence-electron chi connectivity index (χ2n) is 19.3. The van der Waals surface area contributed by atoms with E-state index in [4.69, 9.17) is 14.2 Å². The first-order valence-electron chi connectivity index (χ1n) is 23.1. The molecule has 4 aliphatic rings. The molecule has 16 nitrogen and oxygen atoms in total. The van der Waals surface area contributed by atoms with Gasteiger partial charge in [-0.25, -0.2) is 14.8 Å². The molecule has 10 rings (SSSR count). The van der Waals surface area contributed by atoms with Crippen LogP contribution >= 0.6 is 0 Å². The highest BCUT2D eigenvalue weighted by molar-refractivity contribution is 6.05. The van der Waals surface area contributed by atoms with Crippen LogP contribution in [0.15, 0.2) is 77.6 Å². The molecule has 0 radical (unpaired) electrons. The maximum Gasteiger partial charge on any atom is 0.328 e. The molecule has 3 aromatic heterocycles. The Balaban J connectivity index is 0.761. The number of nitrogens with zero attached hydrogens (tertiary/aromatic N) is 8. The van der Waals surface area contributed by atoms with E-state index in [1.54, 1.807) is 11.2 Å². The molecule has 7 heterocycles. The van der Waals surface area contributed by atoms with E-state index in [0.717, 1.165) is 102 Å². The fraction of sp³-hybridized carbons (Fsp3) is 0.420. The Morgan fingerprint density at radius 3 is 2.47 bits per heavy atom. The molecule has 3 N–H and O–H groups in total. The standard InChI is InChI=1S/C50H57N11O5/c1-30-22-34(6-12-39(30)31(2)53-46(63)47-56-48(57-66-47)50(3,4)5)44-40-24-41(54-45(40)52-29-51-44)33-7-13-42-35(23-33)27-65-28-38-26-58(20-21-60(38)42)25-32-14-17-59(18-15-32)36-8-10-37(11-9-36)61-19-16-43(62)55-49(61)64/h6-13,22-24,29,31-32,38H,14-21,25-28H2,1-5H3,(H,53,63)(H,51,52,54)(H,55,62,64)/t31-,38+/m1/s1. The average Bonchev–Trinajstić information content (AvgIpc) is 3.95. The summed E-state index contributed by atoms with van der Waals surface area (Å²) in [5.41, 5.74) is 10.7. The van der Waals surface area contributed by atoms with E-state index in [1.165, 1.54) is 16.9 Å². The zero-order valence-electron chi connectivity index (χ0n) is 38.3. The number of aryl methyl sites for hydroxylation is 1. The molecule has 16 heteroatoms. The van der Waals surface area contributed by atoms with Gasteiger partial charge < -0.3 is 29.4 Å². The van der Waals surface area contributed by atoms with Crippen molar-refractivity contribution in [1.82, 2.24) is 40.6 Å². The summed E-state index contributed by atoms with van der Waals surface area (Å²) in [6.07, 6.45) is 4.20. The number of rotatable bonds is 9. The number of imide groups is 1. The first-order chi connectivity index (χ1) is 31.8. The van der Waals surface area contributed by atoms with Crippen molar-refractivity contribution in [3.05, 3.63) is 101 Å². The number of aromatic nitrogens is 5. The maximum absolute atomic E-state index is 13.0. The van der Waals surface area contributed by atoms with Crippen LogP contribution in [0.4, 0.5) is 21.9 Å². The third-order valence-corrected chi connectivity index (χ3v) is 13.6. The summed E-state index contributed by atoms with van der Waals surface area (Å²) >= 11 is 0. The van der Waals surface area contributed by atoms with Gasteiger partial charge in [-0.2, -0.15) is 4.98 Å². The van der Waals surface area contributed by atoms with Gasteiger partial charge >= 0.3 is 17.8 Å². The van der Waals surface area contributed by atoms with Gasteiger partial charge in [0, 0.05) is 96.9 Å². The number of piperidine rings is 1. The van der Waals surface area contributed by atoms with Crippen LogP contribution in [0.25, 0.3) is 33.5 Å². The van der Waals surface area contributed by atoms with Crippen molar-refractivity contribution in [2.45, 2.75) is 78.0 Å². The van der Waals surface area contributed by atoms with E-state index in [1.807, 2.05) is 58.9 Å². The van der Waals surface area contributed by atoms with Crippen molar-refractivity contribution in [2.75, 3.05) is 67.1 Å². The van der Waals surface area contributed by atoms with Gasteiger partial charge in [0.25, 0.3) is 0 Å². The number of nitrogens with one attached hydrogen (secondary N) is 3. The summed E-state index contributed by atoms with van der Waals surface area (Å²) < 4.78 is 11.7. The quantitative estimate of drug-likeness (QED) is 0.134. The number of H-pyrrole nitrogens is 1. The van der Waals surface area contributed by atoms with Crippen LogP contribution in [0.1, 0.15) is 86.2 Å². The van der Waals surface area contributed by atoms with E-state index < -0.39 is 5.91 Å². The lowest BCUT2D eigenvalue weighted by Crippen LogP contribution is -2.56. The van der Waals surface area contributed by atoms with Crippen molar-refractivity contribution >= 4 is 45.9 Å². The van der Waals surface area contributed by atoms with E-state index in [9.17, 15) is 14.4 Å². The van der Waals surface area contributed by atoms with Crippen molar-refractivity contribution in [3.8, 4) is 22.5 Å². The molecule has 2 atom stereocenters. The number of carbonyl (C=O) groups is 3. The molecule has 0 spiro atoms. The summed E-state index contributed by atoms with van der Waals surface area (Å²) in [6.45, 7) is 17.6. The van der Waals surface area contributed by atoms with Gasteiger partial charge in [0.05, 0.1) is 31.0 Å². The number of carbonyl (C=O) groups excluding carboxylic acids is 3. The third-order valence-electron chi connectivity index (χ3n) is 13.6. The van der Waals surface area contributed by atoms with Crippen LogP contribution in [0.2, 0.25) is 0 Å². The minimum absolute atomic E-state index is 0.0486. The van der Waals surface area contributed by atoms with Crippen LogP contribution in [0.5, 0.6) is 0 Å². The molecular weight excluding hydrogens is 835 g/mol. The molecule has 3 aromatic carbocycles. The first kappa shape index (κ1) is 43.3. The smallest absolute Gasteiger partial charge is 0.328 e. The van der Waals surface area contributed by atoms with Gasteiger partial charge in [0.1, 0.15) is 12.0 Å². The van der Waals surface area contributed by atoms with E-state index in [-0.39, 0.29) is 35.3 Å². The van der Waals surface area contributed by atoms with Crippen molar-refractivity contribution in [3.63, 3.8) is 0 Å². The Kier molecular flexibility index (Phi) is 11.6. The van der Waals surface area contributed by atoms with Gasteiger partial charge in [-0.15, -0.1) is 0 Å². The highest BCUT2D eigenvalue weighted by Crippen LogP contribution is 2.36. The first-order valence-corrected chi connectivity index (χ1v) is 23.1. The second-order valence-corrected chi connectivity index (χ2v) is 19.3. The lowest BCUT2D eigenvalue weighted by atomic mass is 9.95. The van der Waals surface area contributed by atoms with E-state index in [0.29, 0.717) is 37.9 Å². The van der Waals surface area contributed by atoms with Crippen LogP contribution < -0.4 is 25.3 Å². The molecule has 0 aliphatic carbocycles. The molecular formula is C50H57N11O5. The maximum atomic E-state index is 13.0. The minimum atomic E-state index is -0.410. The normalized spacial score (nSPS) is 19.0. The topological polar surface area (TPSA) is 178 Å². The van der Waals surface area contributed by atoms with Crippen LogP contribution in [-0.2, 0) is 21.6 Å². The predicted octanol–water partition coefficient (Wildman–Crippen LogP) is 7.16. The summed E-state index contributed by atoms with van der Waals surface area (Å²) in [5, 5.41) is 10.3. The molecule has 342 valence electrons. The fourth-order valence-electron chi connectivity index (χ4n) is 9.98. The van der Waals surface area contributed by atoms with Crippen molar-refractivity contribution in [1.29, 1.82) is 0 Å². The van der Waals surface area contributed by atoms with Gasteiger partial charge in [0.2, 0.25) is 5.91 Å². The number of piperazine rings is 1. The number of fused-ring (bicyclic) bond motifs is 4. The van der Waals surface area contributed by atoms with Gasteiger partial charge in [0.15, 0.2) is 5.82 Å². The lowest BCUT2D eigenvalue weighted by molar-refractivity contribution is -0.120. The largest absolute Gasteiger partial charge is 0.375 e. The SMILES string of the molecule is Cc1cc(-c2ncnc3[nH]c(-c4ccc5c(c4)COC[C@@H]4CN(CC6CCN(c7ccc(N8CCC(=O)NC8=O)cc7)CC6)CCN54)cc23)ccc1[C@@H](C)NC(=O)c1nc(C(C)(C)C)no1. The number of anilines is 3.